The number of ether oxygens (including phenoxy) is 6. The number of rotatable bonds is 4. The highest BCUT2D eigenvalue weighted by Crippen LogP contribution is 2.14. The maximum absolute atomic E-state index is 13.6. The Balaban J connectivity index is 2.07. The summed E-state index contributed by atoms with van der Waals surface area (Å²) in [4.78, 5) is 27.8. The molecule has 0 radical (unpaired) electrons. The highest BCUT2D eigenvalue weighted by atomic mass is 16.6. The van der Waals surface area contributed by atoms with Crippen LogP contribution < -0.4 is 5.32 Å². The van der Waals surface area contributed by atoms with Crippen molar-refractivity contribution in [2.75, 3.05) is 79.2 Å². The lowest BCUT2D eigenvalue weighted by atomic mass is 10.0. The van der Waals surface area contributed by atoms with E-state index >= 15 is 0 Å². The number of carbonyl (C=O) groups excluding carboxylic acids is 2. The van der Waals surface area contributed by atoms with Crippen molar-refractivity contribution in [2.45, 2.75) is 38.8 Å². The van der Waals surface area contributed by atoms with Crippen molar-refractivity contribution in [2.24, 2.45) is 0 Å². The fraction of sp³-hybridized carbons (Fsp3) is 0.692. The summed E-state index contributed by atoms with van der Waals surface area (Å²) in [6.45, 7) is 9.98. The van der Waals surface area contributed by atoms with Gasteiger partial charge in [-0.15, -0.1) is 0 Å². The predicted molar refractivity (Wildman–Crippen MR) is 136 cm³/mol. The van der Waals surface area contributed by atoms with Crippen LogP contribution in [-0.2, 0) is 39.6 Å². The number of benzene rings is 1. The number of amides is 2. The first-order valence-corrected chi connectivity index (χ1v) is 12.7. The Hall–Kier alpha value is -2.44. The standard InChI is InChI=1S/C26H42N2O9/c1-26(2,3)37-25(31)27-23(20-21-4-6-22(29)7-5-21)24(30)28-8-10-32-12-14-34-16-18-36-19-17-35-15-13-33-11-9-28/h4-7,23,29H,8-20H2,1-3H3,(H,27,31)/t23-/m0/s1. The molecule has 0 spiro atoms. The molecule has 210 valence electrons. The highest BCUT2D eigenvalue weighted by molar-refractivity contribution is 5.86. The highest BCUT2D eigenvalue weighted by Gasteiger charge is 2.28. The van der Waals surface area contributed by atoms with Crippen LogP contribution in [0.1, 0.15) is 26.3 Å². The SMILES string of the molecule is CC(C)(C)OC(=O)N[C@@H](Cc1ccc(O)cc1)C(=O)N1CCOCCOCCOCCOCCOCC1. The van der Waals surface area contributed by atoms with Crippen molar-refractivity contribution in [3.63, 3.8) is 0 Å². The van der Waals surface area contributed by atoms with Gasteiger partial charge in [-0.25, -0.2) is 4.79 Å². The Bertz CT molecular complexity index is 765. The zero-order chi connectivity index (χ0) is 26.9. The van der Waals surface area contributed by atoms with Crippen LogP contribution in [0.15, 0.2) is 24.3 Å². The van der Waals surface area contributed by atoms with Crippen LogP contribution >= 0.6 is 0 Å². The molecule has 1 aromatic carbocycles. The fourth-order valence-electron chi connectivity index (χ4n) is 3.40. The van der Waals surface area contributed by atoms with Crippen molar-refractivity contribution < 1.29 is 43.1 Å². The number of nitrogens with zero attached hydrogens (tertiary/aromatic N) is 1. The molecule has 1 fully saturated rings. The van der Waals surface area contributed by atoms with Crippen LogP contribution in [0.3, 0.4) is 0 Å². The molecule has 1 saturated heterocycles. The molecule has 0 unspecified atom stereocenters. The van der Waals surface area contributed by atoms with Crippen LogP contribution in [0.5, 0.6) is 5.75 Å². The summed E-state index contributed by atoms with van der Waals surface area (Å²) >= 11 is 0. The number of aromatic hydroxyl groups is 1. The van der Waals surface area contributed by atoms with Crippen LogP contribution in [-0.4, -0.2) is 113 Å². The number of carbonyl (C=O) groups is 2. The van der Waals surface area contributed by atoms with Crippen LogP contribution in [0, 0.1) is 0 Å². The number of hydrogen-bond acceptors (Lipinski definition) is 9. The molecule has 37 heavy (non-hydrogen) atoms. The monoisotopic (exact) mass is 526 g/mol. The van der Waals surface area contributed by atoms with Gasteiger partial charge in [-0.05, 0) is 38.5 Å². The van der Waals surface area contributed by atoms with E-state index in [-0.39, 0.29) is 18.1 Å². The van der Waals surface area contributed by atoms with Gasteiger partial charge in [-0.2, -0.15) is 0 Å². The Morgan fingerprint density at radius 1 is 0.838 bits per heavy atom. The van der Waals surface area contributed by atoms with Gasteiger partial charge in [0.15, 0.2) is 0 Å². The molecule has 11 nitrogen and oxygen atoms in total. The molecule has 2 amide bonds. The molecule has 0 bridgehead atoms. The quantitative estimate of drug-likeness (QED) is 0.604. The lowest BCUT2D eigenvalue weighted by Crippen LogP contribution is -2.52. The minimum atomic E-state index is -0.885. The van der Waals surface area contributed by atoms with Crippen molar-refractivity contribution in [1.29, 1.82) is 0 Å². The van der Waals surface area contributed by atoms with Gasteiger partial charge in [0, 0.05) is 19.5 Å². The van der Waals surface area contributed by atoms with Gasteiger partial charge in [-0.1, -0.05) is 12.1 Å². The number of phenolic OH excluding ortho intramolecular Hbond substituents is 1. The Labute approximate surface area is 219 Å². The normalized spacial score (nSPS) is 18.7. The minimum absolute atomic E-state index is 0.120. The number of hydrogen-bond donors (Lipinski definition) is 2. The van der Waals surface area contributed by atoms with Gasteiger partial charge < -0.3 is 43.7 Å². The zero-order valence-electron chi connectivity index (χ0n) is 22.2. The number of nitrogens with one attached hydrogen (secondary N) is 1. The van der Waals surface area contributed by atoms with E-state index in [4.69, 9.17) is 28.4 Å². The summed E-state index contributed by atoms with van der Waals surface area (Å²) < 4.78 is 33.1. The van der Waals surface area contributed by atoms with E-state index in [2.05, 4.69) is 5.32 Å². The fourth-order valence-corrected chi connectivity index (χ4v) is 3.40. The van der Waals surface area contributed by atoms with Crippen molar-refractivity contribution in [3.8, 4) is 5.75 Å². The van der Waals surface area contributed by atoms with E-state index in [9.17, 15) is 14.7 Å². The first-order chi connectivity index (χ1) is 17.7. The van der Waals surface area contributed by atoms with Crippen LogP contribution in [0.25, 0.3) is 0 Å². The Kier molecular flexibility index (Phi) is 14.3. The third kappa shape index (κ3) is 14.2. The number of alkyl carbamates (subject to hydrolysis) is 1. The van der Waals surface area contributed by atoms with E-state index in [0.29, 0.717) is 79.2 Å². The van der Waals surface area contributed by atoms with E-state index in [1.807, 2.05) is 0 Å². The van der Waals surface area contributed by atoms with Gasteiger partial charge >= 0.3 is 6.09 Å². The Morgan fingerprint density at radius 2 is 1.27 bits per heavy atom. The second kappa shape index (κ2) is 17.1. The van der Waals surface area contributed by atoms with Crippen LogP contribution in [0.2, 0.25) is 0 Å². The molecule has 1 aliphatic heterocycles. The average molecular weight is 527 g/mol. The third-order valence-corrected chi connectivity index (χ3v) is 5.18. The van der Waals surface area contributed by atoms with Crippen LogP contribution in [0.4, 0.5) is 4.79 Å². The van der Waals surface area contributed by atoms with Crippen molar-refractivity contribution in [1.82, 2.24) is 10.2 Å². The molecule has 2 rings (SSSR count). The summed E-state index contributed by atoms with van der Waals surface area (Å²) in [5.41, 5.74) is 0.0632. The zero-order valence-corrected chi connectivity index (χ0v) is 22.2. The molecule has 2 N–H and O–H groups in total. The van der Waals surface area contributed by atoms with Gasteiger partial charge in [0.05, 0.1) is 66.1 Å². The molecular formula is C26H42N2O9. The summed E-state index contributed by atoms with van der Waals surface area (Å²) in [5, 5.41) is 12.3. The van der Waals surface area contributed by atoms with Gasteiger partial charge in [-0.3, -0.25) is 4.79 Å². The summed E-state index contributed by atoms with van der Waals surface area (Å²) in [5.74, 6) is -0.167. The summed E-state index contributed by atoms with van der Waals surface area (Å²) in [6, 6.07) is 5.62. The molecule has 0 aromatic heterocycles. The molecule has 1 aliphatic rings. The topological polar surface area (TPSA) is 125 Å². The van der Waals surface area contributed by atoms with E-state index in [1.54, 1.807) is 49.9 Å². The summed E-state index contributed by atoms with van der Waals surface area (Å²) in [7, 11) is 0. The van der Waals surface area contributed by atoms with E-state index in [0.717, 1.165) is 5.56 Å². The first-order valence-electron chi connectivity index (χ1n) is 12.7. The largest absolute Gasteiger partial charge is 0.508 e. The third-order valence-electron chi connectivity index (χ3n) is 5.18. The maximum atomic E-state index is 13.6. The molecule has 11 heteroatoms. The van der Waals surface area contributed by atoms with E-state index in [1.165, 1.54) is 0 Å². The second-order valence-corrected chi connectivity index (χ2v) is 9.46. The average Bonchev–Trinajstić information content (AvgIpc) is 2.83. The molecule has 1 aromatic rings. The lowest BCUT2D eigenvalue weighted by Gasteiger charge is -2.29. The molecule has 0 saturated carbocycles. The second-order valence-electron chi connectivity index (χ2n) is 9.46. The molecule has 0 aliphatic carbocycles. The number of phenols is 1. The molecular weight excluding hydrogens is 484 g/mol. The molecule has 1 atom stereocenters. The van der Waals surface area contributed by atoms with Crippen molar-refractivity contribution in [3.05, 3.63) is 29.8 Å². The van der Waals surface area contributed by atoms with Gasteiger partial charge in [0.2, 0.25) is 5.91 Å². The van der Waals surface area contributed by atoms with E-state index < -0.39 is 17.7 Å². The summed E-state index contributed by atoms with van der Waals surface area (Å²) in [6.07, 6.45) is -0.461. The van der Waals surface area contributed by atoms with Gasteiger partial charge in [0.25, 0.3) is 0 Å². The Morgan fingerprint density at radius 3 is 1.70 bits per heavy atom. The molecule has 1 heterocycles. The first kappa shape index (κ1) is 30.8. The lowest BCUT2D eigenvalue weighted by molar-refractivity contribution is -0.135. The van der Waals surface area contributed by atoms with Gasteiger partial charge in [0.1, 0.15) is 17.4 Å². The maximum Gasteiger partial charge on any atom is 0.408 e. The smallest absolute Gasteiger partial charge is 0.408 e. The minimum Gasteiger partial charge on any atom is -0.508 e. The predicted octanol–water partition coefficient (Wildman–Crippen LogP) is 1.75. The van der Waals surface area contributed by atoms with Crippen molar-refractivity contribution >= 4 is 12.0 Å².